The molecule has 1 rings (SSSR count). The molecule has 8 nitrogen and oxygen atoms in total. The van der Waals surface area contributed by atoms with Crippen molar-refractivity contribution >= 4 is 17.5 Å². The molecule has 92 valence electrons. The smallest absolute Gasteiger partial charge is 0.343 e. The lowest BCUT2D eigenvalue weighted by atomic mass is 10.2. The van der Waals surface area contributed by atoms with Gasteiger partial charge < -0.3 is 15.2 Å². The Kier molecular flexibility index (Phi) is 3.81. The third-order valence-electron chi connectivity index (χ3n) is 1.88. The molecule has 1 aromatic rings. The zero-order chi connectivity index (χ0) is 13.0. The first-order valence-electron chi connectivity index (χ1n) is 4.67. The Balaban J connectivity index is 3.36. The van der Waals surface area contributed by atoms with Crippen molar-refractivity contribution in [2.24, 2.45) is 0 Å². The summed E-state index contributed by atoms with van der Waals surface area (Å²) in [5.74, 6) is -1.17. The number of ether oxygens (including phenoxy) is 2. The first-order chi connectivity index (χ1) is 8.01. The normalized spacial score (nSPS) is 9.76. The maximum absolute atomic E-state index is 11.4. The molecule has 0 radical (unpaired) electrons. The third-order valence-corrected chi connectivity index (χ3v) is 1.88. The summed E-state index contributed by atoms with van der Waals surface area (Å²) in [7, 11) is 1.15. The molecule has 0 aliphatic heterocycles. The van der Waals surface area contributed by atoms with Crippen molar-refractivity contribution < 1.29 is 19.2 Å². The number of hydrogen-bond acceptors (Lipinski definition) is 7. The summed E-state index contributed by atoms with van der Waals surface area (Å²) in [6.45, 7) is 1.93. The van der Waals surface area contributed by atoms with Crippen molar-refractivity contribution in [2.45, 2.75) is 6.92 Å². The van der Waals surface area contributed by atoms with Crippen LogP contribution in [0.2, 0.25) is 0 Å². The molecule has 1 heterocycles. The predicted octanol–water partition coefficient (Wildman–Crippen LogP) is 0.757. The number of esters is 1. The largest absolute Gasteiger partial charge is 0.477 e. The standard InChI is InChI=1S/C9H11N3O5/c1-3-17-8-5(9(13)16-2)4-6(12(14)15)7(10)11-8/h4H,3H2,1-2H3,(H2,10,11). The molecule has 0 spiro atoms. The van der Waals surface area contributed by atoms with Gasteiger partial charge in [0, 0.05) is 6.07 Å². The minimum atomic E-state index is -0.774. The molecule has 0 atom stereocenters. The number of anilines is 1. The molecule has 0 bridgehead atoms. The molecule has 17 heavy (non-hydrogen) atoms. The van der Waals surface area contributed by atoms with E-state index in [-0.39, 0.29) is 23.9 Å². The third kappa shape index (κ3) is 2.60. The Morgan fingerprint density at radius 3 is 2.76 bits per heavy atom. The van der Waals surface area contributed by atoms with Crippen molar-refractivity contribution in [3.8, 4) is 5.88 Å². The minimum absolute atomic E-state index is 0.0811. The Labute approximate surface area is 96.5 Å². The molecule has 0 saturated carbocycles. The van der Waals surface area contributed by atoms with Gasteiger partial charge in [0.05, 0.1) is 18.6 Å². The summed E-state index contributed by atoms with van der Waals surface area (Å²) < 4.78 is 9.54. The maximum Gasteiger partial charge on any atom is 0.343 e. The molecule has 1 aromatic heterocycles. The minimum Gasteiger partial charge on any atom is -0.477 e. The number of nitrogens with two attached hydrogens (primary N) is 1. The topological polar surface area (TPSA) is 118 Å². The average Bonchev–Trinajstić information content (AvgIpc) is 2.28. The van der Waals surface area contributed by atoms with Crippen LogP contribution in [-0.2, 0) is 4.74 Å². The van der Waals surface area contributed by atoms with Gasteiger partial charge in [-0.2, -0.15) is 4.98 Å². The van der Waals surface area contributed by atoms with Crippen LogP contribution in [0.5, 0.6) is 5.88 Å². The van der Waals surface area contributed by atoms with Crippen LogP contribution in [0.3, 0.4) is 0 Å². The van der Waals surface area contributed by atoms with Crippen LogP contribution in [0, 0.1) is 10.1 Å². The van der Waals surface area contributed by atoms with E-state index in [1.165, 1.54) is 0 Å². The molecule has 0 aliphatic carbocycles. The SMILES string of the molecule is CCOc1nc(N)c([N+](=O)[O-])cc1C(=O)OC. The lowest BCUT2D eigenvalue weighted by Crippen LogP contribution is -2.10. The van der Waals surface area contributed by atoms with E-state index < -0.39 is 16.6 Å². The predicted molar refractivity (Wildman–Crippen MR) is 57.8 cm³/mol. The van der Waals surface area contributed by atoms with E-state index in [4.69, 9.17) is 10.5 Å². The zero-order valence-electron chi connectivity index (χ0n) is 9.30. The lowest BCUT2D eigenvalue weighted by Gasteiger charge is -2.08. The van der Waals surface area contributed by atoms with Crippen molar-refractivity contribution in [1.29, 1.82) is 0 Å². The van der Waals surface area contributed by atoms with Crippen LogP contribution < -0.4 is 10.5 Å². The summed E-state index contributed by atoms with van der Waals surface area (Å²) in [5.41, 5.74) is 4.78. The van der Waals surface area contributed by atoms with E-state index in [0.717, 1.165) is 13.2 Å². The van der Waals surface area contributed by atoms with Crippen LogP contribution >= 0.6 is 0 Å². The molecule has 0 unspecified atom stereocenters. The van der Waals surface area contributed by atoms with Crippen molar-refractivity contribution in [3.63, 3.8) is 0 Å². The summed E-state index contributed by atoms with van der Waals surface area (Å²) in [6.07, 6.45) is 0. The number of hydrogen-bond donors (Lipinski definition) is 1. The Bertz CT molecular complexity index is 460. The number of aromatic nitrogens is 1. The van der Waals surface area contributed by atoms with Gasteiger partial charge in [-0.15, -0.1) is 0 Å². The molecule has 0 saturated heterocycles. The molecule has 8 heteroatoms. The summed E-state index contributed by atoms with van der Waals surface area (Å²) in [6, 6.07) is 0.985. The number of carbonyl (C=O) groups is 1. The highest BCUT2D eigenvalue weighted by atomic mass is 16.6. The Morgan fingerprint density at radius 1 is 1.65 bits per heavy atom. The van der Waals surface area contributed by atoms with Crippen molar-refractivity contribution in [3.05, 3.63) is 21.7 Å². The van der Waals surface area contributed by atoms with Gasteiger partial charge in [-0.1, -0.05) is 0 Å². The number of nitrogen functional groups attached to an aromatic ring is 1. The quantitative estimate of drug-likeness (QED) is 0.469. The highest BCUT2D eigenvalue weighted by Gasteiger charge is 2.23. The summed E-state index contributed by atoms with van der Waals surface area (Å²) >= 11 is 0. The van der Waals surface area contributed by atoms with E-state index in [1.54, 1.807) is 6.92 Å². The number of nitrogens with zero attached hydrogens (tertiary/aromatic N) is 2. The fourth-order valence-corrected chi connectivity index (χ4v) is 1.15. The van der Waals surface area contributed by atoms with Crippen molar-refractivity contribution in [2.75, 3.05) is 19.5 Å². The molecule has 0 aromatic carbocycles. The summed E-state index contributed by atoms with van der Waals surface area (Å²) in [5, 5.41) is 10.6. The number of nitro groups is 1. The zero-order valence-corrected chi connectivity index (χ0v) is 9.30. The molecule has 2 N–H and O–H groups in total. The second kappa shape index (κ2) is 5.10. The van der Waals surface area contributed by atoms with Gasteiger partial charge in [0.25, 0.3) is 0 Å². The van der Waals surface area contributed by atoms with Crippen LogP contribution in [0.15, 0.2) is 6.07 Å². The average molecular weight is 241 g/mol. The van der Waals surface area contributed by atoms with Gasteiger partial charge in [-0.3, -0.25) is 10.1 Å². The van der Waals surface area contributed by atoms with Crippen LogP contribution in [0.25, 0.3) is 0 Å². The van der Waals surface area contributed by atoms with E-state index >= 15 is 0 Å². The molecule has 0 amide bonds. The molecular formula is C9H11N3O5. The van der Waals surface area contributed by atoms with Gasteiger partial charge >= 0.3 is 11.7 Å². The highest BCUT2D eigenvalue weighted by Crippen LogP contribution is 2.27. The molecule has 0 fully saturated rings. The van der Waals surface area contributed by atoms with Gasteiger partial charge in [-0.25, -0.2) is 4.79 Å². The number of pyridine rings is 1. The van der Waals surface area contributed by atoms with Gasteiger partial charge in [0.1, 0.15) is 5.56 Å². The first-order valence-corrected chi connectivity index (χ1v) is 4.67. The fraction of sp³-hybridized carbons (Fsp3) is 0.333. The second-order valence-corrected chi connectivity index (χ2v) is 2.93. The van der Waals surface area contributed by atoms with Crippen molar-refractivity contribution in [1.82, 2.24) is 4.98 Å². The van der Waals surface area contributed by atoms with E-state index in [2.05, 4.69) is 9.72 Å². The molecular weight excluding hydrogens is 230 g/mol. The van der Waals surface area contributed by atoms with E-state index in [9.17, 15) is 14.9 Å². The lowest BCUT2D eigenvalue weighted by molar-refractivity contribution is -0.384. The van der Waals surface area contributed by atoms with Gasteiger partial charge in [-0.05, 0) is 6.92 Å². The molecule has 0 aliphatic rings. The maximum atomic E-state index is 11.4. The Hall–Kier alpha value is -2.38. The number of methoxy groups -OCH3 is 1. The Morgan fingerprint density at radius 2 is 2.29 bits per heavy atom. The van der Waals surface area contributed by atoms with E-state index in [0.29, 0.717) is 0 Å². The van der Waals surface area contributed by atoms with Gasteiger partial charge in [0.15, 0.2) is 0 Å². The van der Waals surface area contributed by atoms with Crippen LogP contribution in [-0.4, -0.2) is 29.6 Å². The first kappa shape index (κ1) is 12.7. The van der Waals surface area contributed by atoms with Crippen LogP contribution in [0.4, 0.5) is 11.5 Å². The number of rotatable bonds is 4. The highest BCUT2D eigenvalue weighted by molar-refractivity contribution is 5.93. The fourth-order valence-electron chi connectivity index (χ4n) is 1.15. The second-order valence-electron chi connectivity index (χ2n) is 2.93. The van der Waals surface area contributed by atoms with E-state index in [1.807, 2.05) is 0 Å². The van der Waals surface area contributed by atoms with Crippen LogP contribution in [0.1, 0.15) is 17.3 Å². The summed E-state index contributed by atoms with van der Waals surface area (Å²) in [4.78, 5) is 25.0. The number of carbonyl (C=O) groups excluding carboxylic acids is 1. The van der Waals surface area contributed by atoms with Gasteiger partial charge in [0.2, 0.25) is 11.7 Å². The monoisotopic (exact) mass is 241 g/mol.